The first kappa shape index (κ1) is 21.0. The van der Waals surface area contributed by atoms with Crippen LogP contribution in [-0.2, 0) is 25.1 Å². The Kier molecular flexibility index (Phi) is 7.00. The van der Waals surface area contributed by atoms with Crippen LogP contribution in [0.15, 0.2) is 54.6 Å². The third-order valence-electron chi connectivity index (χ3n) is 4.54. The fourth-order valence-electron chi connectivity index (χ4n) is 3.16. The average Bonchev–Trinajstić information content (AvgIpc) is 3.20. The molecule has 1 aliphatic heterocycles. The molecule has 0 bridgehead atoms. The second-order valence-corrected chi connectivity index (χ2v) is 9.02. The summed E-state index contributed by atoms with van der Waals surface area (Å²) in [5.41, 5.74) is 1.17. The molecule has 2 aromatic rings. The summed E-state index contributed by atoms with van der Waals surface area (Å²) in [6, 6.07) is 15.2. The SMILES string of the molecule is O=C(CS(=O)(=O)Cc1ccccc1)Nc1ccccc1C(=O)NC[C@@H]1CCCO1. The predicted octanol–water partition coefficient (Wildman–Crippen LogP) is 2.15. The molecule has 1 heterocycles. The maximum atomic E-state index is 12.5. The molecule has 154 valence electrons. The molecule has 2 N–H and O–H groups in total. The lowest BCUT2D eigenvalue weighted by Crippen LogP contribution is -2.32. The van der Waals surface area contributed by atoms with Crippen molar-refractivity contribution in [1.29, 1.82) is 0 Å². The van der Waals surface area contributed by atoms with E-state index in [9.17, 15) is 18.0 Å². The highest BCUT2D eigenvalue weighted by Gasteiger charge is 2.21. The Hall–Kier alpha value is -2.71. The van der Waals surface area contributed by atoms with Crippen LogP contribution in [0.4, 0.5) is 5.69 Å². The van der Waals surface area contributed by atoms with Gasteiger partial charge in [0.2, 0.25) is 5.91 Å². The minimum atomic E-state index is -3.64. The van der Waals surface area contributed by atoms with E-state index in [4.69, 9.17) is 4.74 Å². The number of hydrogen-bond acceptors (Lipinski definition) is 5. The zero-order valence-electron chi connectivity index (χ0n) is 16.0. The molecule has 2 aromatic carbocycles. The van der Waals surface area contributed by atoms with Crippen molar-refractivity contribution in [1.82, 2.24) is 5.32 Å². The number of carbonyl (C=O) groups excluding carboxylic acids is 2. The molecular weight excluding hydrogens is 392 g/mol. The minimum Gasteiger partial charge on any atom is -0.376 e. The summed E-state index contributed by atoms with van der Waals surface area (Å²) in [6.07, 6.45) is 1.88. The molecule has 0 radical (unpaired) electrons. The van der Waals surface area contributed by atoms with Gasteiger partial charge < -0.3 is 15.4 Å². The van der Waals surface area contributed by atoms with Crippen molar-refractivity contribution in [2.45, 2.75) is 24.7 Å². The van der Waals surface area contributed by atoms with Gasteiger partial charge in [-0.2, -0.15) is 0 Å². The first-order valence-electron chi connectivity index (χ1n) is 9.46. The third-order valence-corrected chi connectivity index (χ3v) is 6.02. The van der Waals surface area contributed by atoms with Gasteiger partial charge in [0.1, 0.15) is 5.75 Å². The van der Waals surface area contributed by atoms with Crippen molar-refractivity contribution >= 4 is 27.3 Å². The number of para-hydroxylation sites is 1. The molecule has 0 saturated carbocycles. The number of nitrogens with one attached hydrogen (secondary N) is 2. The molecule has 8 heteroatoms. The number of benzene rings is 2. The van der Waals surface area contributed by atoms with Gasteiger partial charge in [0.15, 0.2) is 9.84 Å². The highest BCUT2D eigenvalue weighted by molar-refractivity contribution is 7.91. The Morgan fingerprint density at radius 2 is 1.76 bits per heavy atom. The second kappa shape index (κ2) is 9.67. The van der Waals surface area contributed by atoms with Crippen molar-refractivity contribution in [3.05, 3.63) is 65.7 Å². The fraction of sp³-hybridized carbons (Fsp3) is 0.333. The first-order valence-corrected chi connectivity index (χ1v) is 11.3. The zero-order valence-corrected chi connectivity index (χ0v) is 16.8. The summed E-state index contributed by atoms with van der Waals surface area (Å²) in [5, 5.41) is 5.35. The van der Waals surface area contributed by atoms with Crippen molar-refractivity contribution in [2.75, 3.05) is 24.2 Å². The maximum Gasteiger partial charge on any atom is 0.253 e. The highest BCUT2D eigenvalue weighted by atomic mass is 32.2. The Morgan fingerprint density at radius 1 is 1.03 bits per heavy atom. The van der Waals surface area contributed by atoms with Gasteiger partial charge in [0, 0.05) is 13.2 Å². The summed E-state index contributed by atoms with van der Waals surface area (Å²) in [5.74, 6) is -1.90. The molecule has 0 spiro atoms. The van der Waals surface area contributed by atoms with Crippen molar-refractivity contribution in [3.63, 3.8) is 0 Å². The third kappa shape index (κ3) is 6.40. The van der Waals surface area contributed by atoms with Crippen molar-refractivity contribution in [3.8, 4) is 0 Å². The van der Waals surface area contributed by atoms with Crippen LogP contribution in [0.25, 0.3) is 0 Å². The van der Waals surface area contributed by atoms with E-state index in [1.54, 1.807) is 54.6 Å². The van der Waals surface area contributed by atoms with E-state index in [-0.39, 0.29) is 29.0 Å². The number of sulfone groups is 1. The van der Waals surface area contributed by atoms with E-state index in [2.05, 4.69) is 10.6 Å². The number of amides is 2. The molecule has 1 aliphatic rings. The molecule has 1 atom stereocenters. The number of carbonyl (C=O) groups is 2. The lowest BCUT2D eigenvalue weighted by molar-refractivity contribution is -0.113. The van der Waals surface area contributed by atoms with Crippen LogP contribution in [0, 0.1) is 0 Å². The van der Waals surface area contributed by atoms with Crippen LogP contribution in [0.2, 0.25) is 0 Å². The number of anilines is 1. The second-order valence-electron chi connectivity index (χ2n) is 6.96. The van der Waals surface area contributed by atoms with Crippen LogP contribution in [0.1, 0.15) is 28.8 Å². The fourth-order valence-corrected chi connectivity index (χ4v) is 4.44. The monoisotopic (exact) mass is 416 g/mol. The van der Waals surface area contributed by atoms with Gasteiger partial charge >= 0.3 is 0 Å². The zero-order chi connectivity index (χ0) is 20.7. The molecular formula is C21H24N2O5S. The molecule has 0 aromatic heterocycles. The Bertz CT molecular complexity index is 954. The molecule has 2 amide bonds. The lowest BCUT2D eigenvalue weighted by Gasteiger charge is -2.14. The van der Waals surface area contributed by atoms with Gasteiger partial charge in [-0.1, -0.05) is 42.5 Å². The quantitative estimate of drug-likeness (QED) is 0.687. The molecule has 1 fully saturated rings. The van der Waals surface area contributed by atoms with E-state index < -0.39 is 21.5 Å². The van der Waals surface area contributed by atoms with E-state index in [0.717, 1.165) is 12.8 Å². The molecule has 1 saturated heterocycles. The molecule has 7 nitrogen and oxygen atoms in total. The van der Waals surface area contributed by atoms with Gasteiger partial charge in [-0.15, -0.1) is 0 Å². The van der Waals surface area contributed by atoms with Crippen LogP contribution >= 0.6 is 0 Å². The Morgan fingerprint density at radius 3 is 2.48 bits per heavy atom. The number of ether oxygens (including phenoxy) is 1. The van der Waals surface area contributed by atoms with Crippen molar-refractivity contribution < 1.29 is 22.7 Å². The van der Waals surface area contributed by atoms with E-state index in [0.29, 0.717) is 18.7 Å². The molecule has 0 aliphatic carbocycles. The smallest absolute Gasteiger partial charge is 0.253 e. The minimum absolute atomic E-state index is 0.00355. The van der Waals surface area contributed by atoms with Crippen LogP contribution in [-0.4, -0.2) is 45.2 Å². The highest BCUT2D eigenvalue weighted by Crippen LogP contribution is 2.16. The van der Waals surface area contributed by atoms with Gasteiger partial charge in [-0.25, -0.2) is 8.42 Å². The van der Waals surface area contributed by atoms with Crippen LogP contribution in [0.5, 0.6) is 0 Å². The summed E-state index contributed by atoms with van der Waals surface area (Å²) in [4.78, 5) is 24.8. The summed E-state index contributed by atoms with van der Waals surface area (Å²) in [7, 11) is -3.64. The maximum absolute atomic E-state index is 12.5. The first-order chi connectivity index (χ1) is 13.9. The number of rotatable bonds is 8. The summed E-state index contributed by atoms with van der Waals surface area (Å²) in [6.45, 7) is 1.09. The van der Waals surface area contributed by atoms with Crippen LogP contribution in [0.3, 0.4) is 0 Å². The molecule has 3 rings (SSSR count). The number of hydrogen-bond donors (Lipinski definition) is 2. The average molecular weight is 416 g/mol. The van der Waals surface area contributed by atoms with Gasteiger partial charge in [0.05, 0.1) is 23.1 Å². The predicted molar refractivity (Wildman–Crippen MR) is 110 cm³/mol. The molecule has 29 heavy (non-hydrogen) atoms. The summed E-state index contributed by atoms with van der Waals surface area (Å²) < 4.78 is 30.1. The Balaban J connectivity index is 1.60. The van der Waals surface area contributed by atoms with E-state index in [1.807, 2.05) is 0 Å². The topological polar surface area (TPSA) is 102 Å². The van der Waals surface area contributed by atoms with E-state index >= 15 is 0 Å². The largest absolute Gasteiger partial charge is 0.376 e. The standard InChI is InChI=1S/C21H24N2O5S/c24-20(15-29(26,27)14-16-7-2-1-3-8-16)23-19-11-5-4-10-18(19)21(25)22-13-17-9-6-12-28-17/h1-5,7-8,10-11,17H,6,9,12-15H2,(H,22,25)(H,23,24)/t17-/m0/s1. The van der Waals surface area contributed by atoms with Gasteiger partial charge in [0.25, 0.3) is 5.91 Å². The van der Waals surface area contributed by atoms with Gasteiger partial charge in [-0.05, 0) is 30.5 Å². The van der Waals surface area contributed by atoms with Gasteiger partial charge in [-0.3, -0.25) is 9.59 Å². The normalized spacial score (nSPS) is 16.3. The van der Waals surface area contributed by atoms with Crippen molar-refractivity contribution in [2.24, 2.45) is 0 Å². The Labute approximate surface area is 170 Å². The summed E-state index contributed by atoms with van der Waals surface area (Å²) >= 11 is 0. The lowest BCUT2D eigenvalue weighted by atomic mass is 10.1. The van der Waals surface area contributed by atoms with E-state index in [1.165, 1.54) is 0 Å². The van der Waals surface area contributed by atoms with Crippen LogP contribution < -0.4 is 10.6 Å². The molecule has 0 unspecified atom stereocenters.